The minimum atomic E-state index is -0.348. The summed E-state index contributed by atoms with van der Waals surface area (Å²) >= 11 is 0. The van der Waals surface area contributed by atoms with Crippen molar-refractivity contribution in [2.45, 2.75) is 51.7 Å². The van der Waals surface area contributed by atoms with Crippen LogP contribution in [0.3, 0.4) is 0 Å². The number of rotatable bonds is 6. The number of benzene rings is 3. The number of aliphatic hydroxyl groups is 1. The third-order valence-corrected chi connectivity index (χ3v) is 8.26. The van der Waals surface area contributed by atoms with Crippen LogP contribution in [0.2, 0.25) is 0 Å². The highest BCUT2D eigenvalue weighted by molar-refractivity contribution is 6.05. The molecule has 37 heavy (non-hydrogen) atoms. The number of aliphatic hydroxyl groups excluding tert-OH is 1. The van der Waals surface area contributed by atoms with Gasteiger partial charge in [-0.3, -0.25) is 4.79 Å². The first-order chi connectivity index (χ1) is 18.0. The van der Waals surface area contributed by atoms with Gasteiger partial charge in [0.05, 0.1) is 6.10 Å². The number of carbonyl (C=O) groups is 1. The summed E-state index contributed by atoms with van der Waals surface area (Å²) in [4.78, 5) is 17.8. The van der Waals surface area contributed by atoms with Crippen LogP contribution >= 0.6 is 0 Å². The summed E-state index contributed by atoms with van der Waals surface area (Å²) in [5.74, 6) is 0.291. The zero-order valence-corrected chi connectivity index (χ0v) is 22.1. The summed E-state index contributed by atoms with van der Waals surface area (Å²) in [6, 6.07) is 24.9. The average Bonchev–Trinajstić information content (AvgIpc) is 2.94. The van der Waals surface area contributed by atoms with E-state index in [1.165, 1.54) is 5.69 Å². The van der Waals surface area contributed by atoms with Crippen LogP contribution in [0, 0.1) is 19.8 Å². The molecule has 5 rings (SSSR count). The quantitative estimate of drug-likeness (QED) is 0.441. The van der Waals surface area contributed by atoms with Crippen LogP contribution in [0.1, 0.15) is 58.8 Å². The molecular formula is C32H39N3O2. The van der Waals surface area contributed by atoms with Crippen molar-refractivity contribution in [3.05, 3.63) is 95.1 Å². The maximum atomic E-state index is 12.7. The Morgan fingerprint density at radius 2 is 1.54 bits per heavy atom. The minimum Gasteiger partial charge on any atom is -0.388 e. The van der Waals surface area contributed by atoms with Crippen molar-refractivity contribution in [3.8, 4) is 0 Å². The Kier molecular flexibility index (Phi) is 7.92. The lowest BCUT2D eigenvalue weighted by Gasteiger charge is -2.43. The number of piperidine rings is 2. The number of likely N-dealkylation sites (tertiary alicyclic amines) is 1. The molecule has 0 radical (unpaired) electrons. The zero-order chi connectivity index (χ0) is 25.8. The van der Waals surface area contributed by atoms with E-state index in [-0.39, 0.29) is 12.0 Å². The predicted molar refractivity (Wildman–Crippen MR) is 151 cm³/mol. The molecule has 0 spiro atoms. The molecule has 0 unspecified atom stereocenters. The number of hydrogen-bond donors (Lipinski definition) is 2. The molecule has 3 aromatic carbocycles. The van der Waals surface area contributed by atoms with Gasteiger partial charge in [-0.15, -0.1) is 0 Å². The van der Waals surface area contributed by atoms with Crippen molar-refractivity contribution >= 4 is 17.3 Å². The van der Waals surface area contributed by atoms with Crippen LogP contribution in [-0.4, -0.2) is 48.1 Å². The van der Waals surface area contributed by atoms with E-state index in [1.807, 2.05) is 74.5 Å². The summed E-state index contributed by atoms with van der Waals surface area (Å²) < 4.78 is 0. The third kappa shape index (κ3) is 6.06. The fourth-order valence-electron chi connectivity index (χ4n) is 6.03. The van der Waals surface area contributed by atoms with E-state index in [2.05, 4.69) is 27.2 Å². The second-order valence-electron chi connectivity index (χ2n) is 10.8. The number of amides is 1. The zero-order valence-electron chi connectivity index (χ0n) is 22.1. The van der Waals surface area contributed by atoms with Gasteiger partial charge in [0, 0.05) is 36.1 Å². The van der Waals surface area contributed by atoms with Crippen molar-refractivity contribution in [1.29, 1.82) is 0 Å². The lowest BCUT2D eigenvalue weighted by atomic mass is 9.86. The topological polar surface area (TPSA) is 55.8 Å². The summed E-state index contributed by atoms with van der Waals surface area (Å²) in [7, 11) is 0. The molecule has 2 N–H and O–H groups in total. The van der Waals surface area contributed by atoms with E-state index in [4.69, 9.17) is 0 Å². The van der Waals surface area contributed by atoms with E-state index >= 15 is 0 Å². The van der Waals surface area contributed by atoms with Gasteiger partial charge in [0.25, 0.3) is 5.91 Å². The average molecular weight is 498 g/mol. The number of carbonyl (C=O) groups excluding carboxylic acids is 1. The van der Waals surface area contributed by atoms with E-state index in [9.17, 15) is 9.90 Å². The van der Waals surface area contributed by atoms with Crippen molar-refractivity contribution < 1.29 is 9.90 Å². The maximum absolute atomic E-state index is 12.7. The van der Waals surface area contributed by atoms with Crippen LogP contribution in [-0.2, 0) is 0 Å². The summed E-state index contributed by atoms with van der Waals surface area (Å²) in [6.07, 6.45) is 4.10. The standard InChI is InChI=1S/C32H39N3O2/c1-23-8-13-30(24(2)22-23)32(37)33-27-9-11-28(12-10-27)35-20-16-29(17-21-35)34-18-14-26(15-19-34)31(36)25-6-4-3-5-7-25/h3-13,22,26,29,31,36H,14-21H2,1-2H3,(H,33,37)/t31-/m0/s1. The van der Waals surface area contributed by atoms with E-state index < -0.39 is 0 Å². The molecule has 5 heteroatoms. The first-order valence-electron chi connectivity index (χ1n) is 13.7. The Morgan fingerprint density at radius 3 is 2.19 bits per heavy atom. The smallest absolute Gasteiger partial charge is 0.255 e. The van der Waals surface area contributed by atoms with Crippen LogP contribution in [0.25, 0.3) is 0 Å². The van der Waals surface area contributed by atoms with Crippen molar-refractivity contribution in [2.24, 2.45) is 5.92 Å². The predicted octanol–water partition coefficient (Wildman–Crippen LogP) is 5.97. The van der Waals surface area contributed by atoms with Crippen LogP contribution in [0.4, 0.5) is 11.4 Å². The van der Waals surface area contributed by atoms with Gasteiger partial charge in [0.15, 0.2) is 0 Å². The van der Waals surface area contributed by atoms with Gasteiger partial charge in [-0.2, -0.15) is 0 Å². The summed E-state index contributed by atoms with van der Waals surface area (Å²) in [6.45, 7) is 8.26. The first-order valence-corrected chi connectivity index (χ1v) is 13.7. The molecule has 2 fully saturated rings. The van der Waals surface area contributed by atoms with Crippen LogP contribution < -0.4 is 10.2 Å². The SMILES string of the molecule is Cc1ccc(C(=O)Nc2ccc(N3CCC(N4CCC([C@@H](O)c5ccccc5)CC4)CC3)cc2)c(C)c1. The Labute approximate surface area is 221 Å². The molecule has 0 aliphatic carbocycles. The van der Waals surface area contributed by atoms with E-state index in [1.54, 1.807) is 0 Å². The van der Waals surface area contributed by atoms with Crippen LogP contribution in [0.15, 0.2) is 72.8 Å². The first kappa shape index (κ1) is 25.5. The van der Waals surface area contributed by atoms with Gasteiger partial charge in [0.1, 0.15) is 0 Å². The lowest BCUT2D eigenvalue weighted by molar-refractivity contribution is 0.0404. The molecule has 0 aromatic heterocycles. The molecule has 5 nitrogen and oxygen atoms in total. The van der Waals surface area contributed by atoms with Crippen molar-refractivity contribution in [2.75, 3.05) is 36.4 Å². The molecule has 2 heterocycles. The van der Waals surface area contributed by atoms with Crippen molar-refractivity contribution in [1.82, 2.24) is 4.90 Å². The van der Waals surface area contributed by atoms with Crippen molar-refractivity contribution in [3.63, 3.8) is 0 Å². The monoisotopic (exact) mass is 497 g/mol. The number of nitrogens with one attached hydrogen (secondary N) is 1. The highest BCUT2D eigenvalue weighted by atomic mass is 16.3. The molecule has 2 aliphatic heterocycles. The second-order valence-corrected chi connectivity index (χ2v) is 10.8. The largest absolute Gasteiger partial charge is 0.388 e. The van der Waals surface area contributed by atoms with E-state index in [0.717, 1.165) is 79.8 Å². The Bertz CT molecular complexity index is 1180. The van der Waals surface area contributed by atoms with Crippen LogP contribution in [0.5, 0.6) is 0 Å². The third-order valence-electron chi connectivity index (χ3n) is 8.26. The lowest BCUT2D eigenvalue weighted by Crippen LogP contribution is -2.48. The Balaban J connectivity index is 1.09. The molecule has 2 saturated heterocycles. The minimum absolute atomic E-state index is 0.0638. The Hall–Kier alpha value is -3.15. The molecule has 1 atom stereocenters. The molecule has 0 bridgehead atoms. The van der Waals surface area contributed by atoms with Gasteiger partial charge < -0.3 is 20.2 Å². The number of nitrogens with zero attached hydrogens (tertiary/aromatic N) is 2. The highest BCUT2D eigenvalue weighted by Gasteiger charge is 2.31. The molecule has 0 saturated carbocycles. The van der Waals surface area contributed by atoms with Gasteiger partial charge in [-0.05, 0) is 100.0 Å². The number of anilines is 2. The van der Waals surface area contributed by atoms with Gasteiger partial charge in [-0.25, -0.2) is 0 Å². The van der Waals surface area contributed by atoms with E-state index in [0.29, 0.717) is 12.0 Å². The number of hydrogen-bond acceptors (Lipinski definition) is 4. The second kappa shape index (κ2) is 11.5. The molecule has 1 amide bonds. The molecule has 3 aromatic rings. The summed E-state index contributed by atoms with van der Waals surface area (Å²) in [5, 5.41) is 13.8. The van der Waals surface area contributed by atoms with Gasteiger partial charge >= 0.3 is 0 Å². The van der Waals surface area contributed by atoms with Gasteiger partial charge in [-0.1, -0.05) is 48.0 Å². The normalized spacial score (nSPS) is 18.5. The fourth-order valence-corrected chi connectivity index (χ4v) is 6.03. The summed E-state index contributed by atoms with van der Waals surface area (Å²) in [5.41, 5.74) is 5.96. The highest BCUT2D eigenvalue weighted by Crippen LogP contribution is 2.33. The molecular weight excluding hydrogens is 458 g/mol. The fraction of sp³-hybridized carbons (Fsp3) is 0.406. The molecule has 194 valence electrons. The van der Waals surface area contributed by atoms with Gasteiger partial charge in [0.2, 0.25) is 0 Å². The Morgan fingerprint density at radius 1 is 0.865 bits per heavy atom. The molecule has 2 aliphatic rings. The number of aryl methyl sites for hydroxylation is 2. The maximum Gasteiger partial charge on any atom is 0.255 e.